The molecule has 0 saturated heterocycles. The summed E-state index contributed by atoms with van der Waals surface area (Å²) in [6.07, 6.45) is 1.72. The van der Waals surface area contributed by atoms with E-state index in [1.807, 2.05) is 24.3 Å². The first kappa shape index (κ1) is 17.8. The molecule has 5 nitrogen and oxygen atoms in total. The van der Waals surface area contributed by atoms with Crippen LogP contribution in [0.5, 0.6) is 5.75 Å². The van der Waals surface area contributed by atoms with Gasteiger partial charge in [0.1, 0.15) is 29.3 Å². The second-order valence-corrected chi connectivity index (χ2v) is 8.05. The highest BCUT2D eigenvalue weighted by molar-refractivity contribution is 7.18. The molecule has 144 valence electrons. The van der Waals surface area contributed by atoms with Crippen LogP contribution in [-0.4, -0.2) is 19.6 Å². The minimum atomic E-state index is -0.276. The summed E-state index contributed by atoms with van der Waals surface area (Å²) in [6, 6.07) is 13.9. The topological polar surface area (TPSA) is 52.3 Å². The minimum absolute atomic E-state index is 0.276. The lowest BCUT2D eigenvalue weighted by Crippen LogP contribution is -1.95. The Morgan fingerprint density at radius 1 is 1.03 bits per heavy atom. The summed E-state index contributed by atoms with van der Waals surface area (Å²) in [6.45, 7) is 4.60. The Hall–Kier alpha value is -3.32. The molecule has 7 heteroatoms. The molecule has 2 aromatic carbocycles. The van der Waals surface area contributed by atoms with Crippen LogP contribution in [0.1, 0.15) is 16.0 Å². The van der Waals surface area contributed by atoms with Gasteiger partial charge in [0.15, 0.2) is 11.5 Å². The van der Waals surface area contributed by atoms with Gasteiger partial charge in [-0.25, -0.2) is 18.9 Å². The summed E-state index contributed by atoms with van der Waals surface area (Å²) in [5, 5.41) is 5.66. The van der Waals surface area contributed by atoms with Crippen molar-refractivity contribution in [2.24, 2.45) is 0 Å². The second-order valence-electron chi connectivity index (χ2n) is 6.85. The largest absolute Gasteiger partial charge is 0.489 e. The molecule has 0 fully saturated rings. The molecule has 29 heavy (non-hydrogen) atoms. The molecule has 0 spiro atoms. The van der Waals surface area contributed by atoms with Crippen LogP contribution < -0.4 is 4.74 Å². The molecule has 0 bridgehead atoms. The second kappa shape index (κ2) is 6.93. The number of rotatable bonds is 4. The fourth-order valence-electron chi connectivity index (χ4n) is 3.21. The van der Waals surface area contributed by atoms with Gasteiger partial charge in [0.25, 0.3) is 0 Å². The summed E-state index contributed by atoms with van der Waals surface area (Å²) in [5.41, 5.74) is 3.97. The summed E-state index contributed by atoms with van der Waals surface area (Å²) in [4.78, 5) is 11.5. The van der Waals surface area contributed by atoms with Gasteiger partial charge in [-0.1, -0.05) is 24.3 Å². The number of nitrogens with zero attached hydrogens (tertiary/aromatic N) is 4. The maximum atomic E-state index is 13.0. The van der Waals surface area contributed by atoms with E-state index < -0.39 is 0 Å². The Bertz CT molecular complexity index is 1320. The fraction of sp³-hybridized carbons (Fsp3) is 0.136. The quantitative estimate of drug-likeness (QED) is 0.406. The number of halogens is 1. The molecule has 0 amide bonds. The first-order chi connectivity index (χ1) is 14.1. The number of aromatic nitrogens is 4. The molecule has 0 aliphatic rings. The van der Waals surface area contributed by atoms with Gasteiger partial charge in [0, 0.05) is 10.4 Å². The van der Waals surface area contributed by atoms with Crippen molar-refractivity contribution in [2.45, 2.75) is 20.5 Å². The normalized spacial score (nSPS) is 11.4. The molecule has 5 rings (SSSR count). The summed E-state index contributed by atoms with van der Waals surface area (Å²) >= 11 is 1.68. The molecule has 3 heterocycles. The third kappa shape index (κ3) is 3.23. The van der Waals surface area contributed by atoms with E-state index in [-0.39, 0.29) is 5.82 Å². The number of fused-ring (bicyclic) bond motifs is 3. The van der Waals surface area contributed by atoms with E-state index in [1.165, 1.54) is 22.6 Å². The third-order valence-corrected chi connectivity index (χ3v) is 6.05. The third-order valence-electron chi connectivity index (χ3n) is 4.94. The van der Waals surface area contributed by atoms with Gasteiger partial charge >= 0.3 is 0 Å². The minimum Gasteiger partial charge on any atom is -0.489 e. The molecule has 0 aliphatic carbocycles. The first-order valence-corrected chi connectivity index (χ1v) is 9.99. The fourth-order valence-corrected chi connectivity index (χ4v) is 4.21. The predicted octanol–water partition coefficient (Wildman–Crippen LogP) is 5.34. The molecule has 0 atom stereocenters. The lowest BCUT2D eigenvalue weighted by Gasteiger charge is -2.06. The van der Waals surface area contributed by atoms with E-state index in [0.29, 0.717) is 18.2 Å². The molecular weight excluding hydrogens is 387 g/mol. The van der Waals surface area contributed by atoms with Crippen molar-refractivity contribution in [3.8, 4) is 17.1 Å². The number of hydrogen-bond acceptors (Lipinski definition) is 5. The van der Waals surface area contributed by atoms with Crippen LogP contribution in [0.3, 0.4) is 0 Å². The highest BCUT2D eigenvalue weighted by atomic mass is 32.1. The van der Waals surface area contributed by atoms with Crippen molar-refractivity contribution in [3.05, 3.63) is 76.7 Å². The van der Waals surface area contributed by atoms with Gasteiger partial charge in [-0.2, -0.15) is 0 Å². The average Bonchev–Trinajstić information content (AvgIpc) is 3.29. The summed E-state index contributed by atoms with van der Waals surface area (Å²) < 4.78 is 20.4. The SMILES string of the molecule is Cc1sc2ncn3nc(-c4ccc(COc5ccc(F)cc5)cc4)nc3c2c1C. The number of aryl methyl sites for hydroxylation is 2. The van der Waals surface area contributed by atoms with E-state index in [9.17, 15) is 4.39 Å². The van der Waals surface area contributed by atoms with Gasteiger partial charge in [-0.3, -0.25) is 0 Å². The molecule has 0 radical (unpaired) electrons. The number of thiophene rings is 1. The van der Waals surface area contributed by atoms with Crippen LogP contribution >= 0.6 is 11.3 Å². The van der Waals surface area contributed by atoms with Gasteiger partial charge in [-0.15, -0.1) is 16.4 Å². The first-order valence-electron chi connectivity index (χ1n) is 9.17. The molecule has 0 N–H and O–H groups in total. The summed E-state index contributed by atoms with van der Waals surface area (Å²) in [5.74, 6) is 1.02. The van der Waals surface area contributed by atoms with Gasteiger partial charge in [0.05, 0.1) is 5.39 Å². The number of benzene rings is 2. The van der Waals surface area contributed by atoms with Crippen molar-refractivity contribution < 1.29 is 9.13 Å². The molecule has 0 unspecified atom stereocenters. The number of ether oxygens (including phenoxy) is 1. The van der Waals surface area contributed by atoms with E-state index in [4.69, 9.17) is 9.72 Å². The summed E-state index contributed by atoms with van der Waals surface area (Å²) in [7, 11) is 0. The van der Waals surface area contributed by atoms with Crippen LogP contribution in [0, 0.1) is 19.7 Å². The zero-order valence-electron chi connectivity index (χ0n) is 15.9. The van der Waals surface area contributed by atoms with Crippen LogP contribution in [0.15, 0.2) is 54.9 Å². The monoisotopic (exact) mass is 404 g/mol. The Morgan fingerprint density at radius 2 is 1.79 bits per heavy atom. The van der Waals surface area contributed by atoms with E-state index in [1.54, 1.807) is 34.3 Å². The van der Waals surface area contributed by atoms with Gasteiger partial charge < -0.3 is 4.74 Å². The van der Waals surface area contributed by atoms with Crippen molar-refractivity contribution in [1.29, 1.82) is 0 Å². The predicted molar refractivity (Wildman–Crippen MR) is 112 cm³/mol. The Morgan fingerprint density at radius 3 is 2.55 bits per heavy atom. The molecular formula is C22H17FN4OS. The van der Waals surface area contributed by atoms with Crippen molar-refractivity contribution in [3.63, 3.8) is 0 Å². The Balaban J connectivity index is 1.41. The van der Waals surface area contributed by atoms with Crippen molar-refractivity contribution >= 4 is 27.2 Å². The van der Waals surface area contributed by atoms with Gasteiger partial charge in [0.2, 0.25) is 0 Å². The zero-order valence-corrected chi connectivity index (χ0v) is 16.7. The lowest BCUT2D eigenvalue weighted by atomic mass is 10.1. The zero-order chi connectivity index (χ0) is 20.0. The smallest absolute Gasteiger partial charge is 0.182 e. The van der Waals surface area contributed by atoms with Crippen LogP contribution in [0.4, 0.5) is 4.39 Å². The maximum Gasteiger partial charge on any atom is 0.182 e. The molecule has 0 aliphatic heterocycles. The van der Waals surface area contributed by atoms with E-state index in [2.05, 4.69) is 23.9 Å². The Kier molecular flexibility index (Phi) is 4.24. The van der Waals surface area contributed by atoms with Crippen molar-refractivity contribution in [2.75, 3.05) is 0 Å². The lowest BCUT2D eigenvalue weighted by molar-refractivity contribution is 0.306. The highest BCUT2D eigenvalue weighted by Gasteiger charge is 2.15. The van der Waals surface area contributed by atoms with Crippen LogP contribution in [0.25, 0.3) is 27.3 Å². The number of hydrogen-bond donors (Lipinski definition) is 0. The highest BCUT2D eigenvalue weighted by Crippen LogP contribution is 2.31. The standard InChI is InChI=1S/C22H17FN4OS/c1-13-14(2)29-22-19(13)21-25-20(26-27(21)12-24-22)16-5-3-15(4-6-16)11-28-18-9-7-17(23)8-10-18/h3-10,12H,11H2,1-2H3. The van der Waals surface area contributed by atoms with Crippen molar-refractivity contribution in [1.82, 2.24) is 19.6 Å². The van der Waals surface area contributed by atoms with E-state index in [0.717, 1.165) is 27.0 Å². The average molecular weight is 404 g/mol. The van der Waals surface area contributed by atoms with Gasteiger partial charge in [-0.05, 0) is 49.2 Å². The molecule has 5 aromatic rings. The van der Waals surface area contributed by atoms with E-state index >= 15 is 0 Å². The molecule has 0 saturated carbocycles. The van der Waals surface area contributed by atoms with Crippen LogP contribution in [0.2, 0.25) is 0 Å². The molecule has 3 aromatic heterocycles. The maximum absolute atomic E-state index is 13.0. The van der Waals surface area contributed by atoms with Crippen LogP contribution in [-0.2, 0) is 6.61 Å². The Labute approximate surface area is 170 Å².